The molecule has 3 rings (SSSR count). The van der Waals surface area contributed by atoms with Crippen LogP contribution >= 0.6 is 0 Å². The van der Waals surface area contributed by atoms with Crippen LogP contribution in [0.25, 0.3) is 0 Å². The molecule has 25 heavy (non-hydrogen) atoms. The summed E-state index contributed by atoms with van der Waals surface area (Å²) in [6.07, 6.45) is 1.86. The number of ether oxygens (including phenoxy) is 1. The van der Waals surface area contributed by atoms with Gasteiger partial charge in [-0.15, -0.1) is 0 Å². The number of benzene rings is 2. The maximum atomic E-state index is 13.3. The van der Waals surface area contributed by atoms with Gasteiger partial charge in [0, 0.05) is 6.54 Å². The highest BCUT2D eigenvalue weighted by atomic mass is 32.2. The molecule has 2 aromatic carbocycles. The van der Waals surface area contributed by atoms with E-state index in [1.54, 1.807) is 23.5 Å². The highest BCUT2D eigenvalue weighted by Crippen LogP contribution is 2.37. The van der Waals surface area contributed by atoms with Crippen molar-refractivity contribution < 1.29 is 13.2 Å². The van der Waals surface area contributed by atoms with Crippen LogP contribution < -0.4 is 4.74 Å². The lowest BCUT2D eigenvalue weighted by Crippen LogP contribution is -2.41. The van der Waals surface area contributed by atoms with Gasteiger partial charge in [0.25, 0.3) is 0 Å². The molecular formula is C20H25NO3S. The normalized spacial score (nSPS) is 21.9. The Labute approximate surface area is 150 Å². The molecule has 2 aromatic rings. The van der Waals surface area contributed by atoms with Gasteiger partial charge in [-0.1, -0.05) is 36.8 Å². The van der Waals surface area contributed by atoms with Crippen LogP contribution in [0.5, 0.6) is 5.75 Å². The predicted octanol–water partition coefficient (Wildman–Crippen LogP) is 4.17. The number of hydrogen-bond donors (Lipinski definition) is 0. The maximum Gasteiger partial charge on any atom is 0.243 e. The quantitative estimate of drug-likeness (QED) is 0.823. The van der Waals surface area contributed by atoms with Crippen LogP contribution in [-0.4, -0.2) is 26.4 Å². The molecule has 5 heteroatoms. The molecule has 0 N–H and O–H groups in total. The smallest absolute Gasteiger partial charge is 0.243 e. The van der Waals surface area contributed by atoms with Gasteiger partial charge in [-0.25, -0.2) is 8.42 Å². The van der Waals surface area contributed by atoms with Gasteiger partial charge in [0.2, 0.25) is 10.0 Å². The number of hydrogen-bond acceptors (Lipinski definition) is 3. The van der Waals surface area contributed by atoms with Crippen molar-refractivity contribution in [2.45, 2.75) is 37.6 Å². The second kappa shape index (κ2) is 7.18. The van der Waals surface area contributed by atoms with E-state index in [9.17, 15) is 8.42 Å². The number of piperidine rings is 1. The lowest BCUT2D eigenvalue weighted by Gasteiger charge is -2.38. The average Bonchev–Trinajstić information content (AvgIpc) is 2.62. The van der Waals surface area contributed by atoms with E-state index in [0.717, 1.165) is 29.7 Å². The molecule has 1 aliphatic heterocycles. The third kappa shape index (κ3) is 3.72. The van der Waals surface area contributed by atoms with Crippen LogP contribution in [0.2, 0.25) is 0 Å². The Kier molecular flexibility index (Phi) is 5.16. The lowest BCUT2D eigenvalue weighted by atomic mass is 9.92. The minimum atomic E-state index is -3.52. The summed E-state index contributed by atoms with van der Waals surface area (Å²) in [5.74, 6) is 1.13. The highest BCUT2D eigenvalue weighted by molar-refractivity contribution is 7.89. The Bertz CT molecular complexity index is 813. The average molecular weight is 359 g/mol. The molecule has 0 amide bonds. The first-order valence-corrected chi connectivity index (χ1v) is 10.1. The lowest BCUT2D eigenvalue weighted by molar-refractivity contribution is 0.207. The minimum Gasteiger partial charge on any atom is -0.497 e. The van der Waals surface area contributed by atoms with E-state index in [4.69, 9.17) is 4.74 Å². The van der Waals surface area contributed by atoms with Gasteiger partial charge in [0.05, 0.1) is 18.0 Å². The van der Waals surface area contributed by atoms with Crippen molar-refractivity contribution >= 4 is 10.0 Å². The monoisotopic (exact) mass is 359 g/mol. The minimum absolute atomic E-state index is 0.131. The highest BCUT2D eigenvalue weighted by Gasteiger charge is 2.36. The third-order valence-electron chi connectivity index (χ3n) is 4.90. The van der Waals surface area contributed by atoms with Crippen molar-refractivity contribution in [3.8, 4) is 5.75 Å². The largest absolute Gasteiger partial charge is 0.497 e. The third-order valence-corrected chi connectivity index (χ3v) is 6.79. The molecule has 0 spiro atoms. The molecule has 134 valence electrons. The second-order valence-electron chi connectivity index (χ2n) is 6.86. The first kappa shape index (κ1) is 18.0. The van der Waals surface area contributed by atoms with Gasteiger partial charge in [-0.05, 0) is 55.5 Å². The molecule has 0 saturated carbocycles. The summed E-state index contributed by atoms with van der Waals surface area (Å²) < 4.78 is 33.4. The topological polar surface area (TPSA) is 46.6 Å². The van der Waals surface area contributed by atoms with Crippen LogP contribution in [0.15, 0.2) is 53.4 Å². The Balaban J connectivity index is 1.97. The summed E-state index contributed by atoms with van der Waals surface area (Å²) in [4.78, 5) is 0.366. The standard InChI is InChI=1S/C20H25NO3S/c1-15-4-11-19(12-5-15)25(22,23)21-14-16(2)6-13-20(21)17-7-9-18(24-3)10-8-17/h4-5,7-12,16,20H,6,13-14H2,1-3H3/t16-,20-/m0/s1. The molecule has 1 saturated heterocycles. The van der Waals surface area contributed by atoms with Gasteiger partial charge in [0.1, 0.15) is 5.75 Å². The van der Waals surface area contributed by atoms with Crippen LogP contribution in [0.3, 0.4) is 0 Å². The second-order valence-corrected chi connectivity index (χ2v) is 8.75. The molecule has 0 radical (unpaired) electrons. The van der Waals surface area contributed by atoms with Crippen molar-refractivity contribution in [3.63, 3.8) is 0 Å². The number of nitrogens with zero attached hydrogens (tertiary/aromatic N) is 1. The van der Waals surface area contributed by atoms with E-state index in [1.165, 1.54) is 0 Å². The molecule has 0 aliphatic carbocycles. The van der Waals surface area contributed by atoms with E-state index in [0.29, 0.717) is 17.4 Å². The van der Waals surface area contributed by atoms with Crippen molar-refractivity contribution in [2.24, 2.45) is 5.92 Å². The Hall–Kier alpha value is -1.85. The molecular weight excluding hydrogens is 334 g/mol. The zero-order valence-electron chi connectivity index (χ0n) is 15.0. The van der Waals surface area contributed by atoms with Gasteiger partial charge in [0.15, 0.2) is 0 Å². The van der Waals surface area contributed by atoms with Crippen molar-refractivity contribution in [1.82, 2.24) is 4.31 Å². The maximum absolute atomic E-state index is 13.3. The van der Waals surface area contributed by atoms with E-state index < -0.39 is 10.0 Å². The Morgan fingerprint density at radius 2 is 1.64 bits per heavy atom. The van der Waals surface area contributed by atoms with Gasteiger partial charge < -0.3 is 4.74 Å². The van der Waals surface area contributed by atoms with Crippen molar-refractivity contribution in [2.75, 3.05) is 13.7 Å². The van der Waals surface area contributed by atoms with Gasteiger partial charge >= 0.3 is 0 Å². The summed E-state index contributed by atoms with van der Waals surface area (Å²) in [5, 5.41) is 0. The van der Waals surface area contributed by atoms with E-state index in [1.807, 2.05) is 43.3 Å². The fourth-order valence-corrected chi connectivity index (χ4v) is 5.15. The molecule has 1 fully saturated rings. The first-order chi connectivity index (χ1) is 11.9. The number of methoxy groups -OCH3 is 1. The zero-order chi connectivity index (χ0) is 18.0. The molecule has 1 heterocycles. The summed E-state index contributed by atoms with van der Waals surface area (Å²) >= 11 is 0. The molecule has 0 bridgehead atoms. The molecule has 0 aromatic heterocycles. The summed E-state index contributed by atoms with van der Waals surface area (Å²) in [6.45, 7) is 4.62. The van der Waals surface area contributed by atoms with Crippen LogP contribution in [0.4, 0.5) is 0 Å². The van der Waals surface area contributed by atoms with Crippen LogP contribution in [0, 0.1) is 12.8 Å². The fraction of sp³-hybridized carbons (Fsp3) is 0.400. The number of rotatable bonds is 4. The zero-order valence-corrected chi connectivity index (χ0v) is 15.8. The van der Waals surface area contributed by atoms with Crippen molar-refractivity contribution in [3.05, 3.63) is 59.7 Å². The van der Waals surface area contributed by atoms with E-state index in [-0.39, 0.29) is 6.04 Å². The Morgan fingerprint density at radius 1 is 1.00 bits per heavy atom. The van der Waals surface area contributed by atoms with Crippen LogP contribution in [0.1, 0.15) is 36.9 Å². The summed E-state index contributed by atoms with van der Waals surface area (Å²) in [6, 6.07) is 14.7. The predicted molar refractivity (Wildman–Crippen MR) is 99.2 cm³/mol. The van der Waals surface area contributed by atoms with E-state index in [2.05, 4.69) is 6.92 Å². The molecule has 4 nitrogen and oxygen atoms in total. The number of sulfonamides is 1. The van der Waals surface area contributed by atoms with Gasteiger partial charge in [-0.2, -0.15) is 4.31 Å². The first-order valence-electron chi connectivity index (χ1n) is 8.64. The molecule has 0 unspecified atom stereocenters. The van der Waals surface area contributed by atoms with Crippen molar-refractivity contribution in [1.29, 1.82) is 0 Å². The number of aryl methyl sites for hydroxylation is 1. The molecule has 2 atom stereocenters. The SMILES string of the molecule is COc1ccc([C@@H]2CC[C@H](C)CN2S(=O)(=O)c2ccc(C)cc2)cc1. The van der Waals surface area contributed by atoms with E-state index >= 15 is 0 Å². The summed E-state index contributed by atoms with van der Waals surface area (Å²) in [7, 11) is -1.89. The van der Waals surface area contributed by atoms with Gasteiger partial charge in [-0.3, -0.25) is 0 Å². The fourth-order valence-electron chi connectivity index (χ4n) is 3.38. The molecule has 1 aliphatic rings. The summed E-state index contributed by atoms with van der Waals surface area (Å²) in [5.41, 5.74) is 2.07. The Morgan fingerprint density at radius 3 is 2.24 bits per heavy atom. The van der Waals surface area contributed by atoms with Crippen LogP contribution in [-0.2, 0) is 10.0 Å².